The second kappa shape index (κ2) is 9.62. The van der Waals surface area contributed by atoms with Gasteiger partial charge in [-0.15, -0.1) is 11.8 Å². The van der Waals surface area contributed by atoms with Crippen LogP contribution in [0.15, 0.2) is 47.5 Å². The van der Waals surface area contributed by atoms with Gasteiger partial charge in [-0.2, -0.15) is 0 Å². The maximum absolute atomic E-state index is 12.4. The van der Waals surface area contributed by atoms with Gasteiger partial charge in [0.25, 0.3) is 0 Å². The number of pyridine rings is 1. The van der Waals surface area contributed by atoms with Crippen LogP contribution in [0, 0.1) is 0 Å². The van der Waals surface area contributed by atoms with E-state index in [0.717, 1.165) is 48.3 Å². The Hall–Kier alpha value is -2.25. The van der Waals surface area contributed by atoms with E-state index in [1.165, 1.54) is 11.8 Å². The first-order valence-corrected chi connectivity index (χ1v) is 9.90. The van der Waals surface area contributed by atoms with E-state index in [-0.39, 0.29) is 11.2 Å². The molecule has 2 heterocycles. The third-order valence-corrected chi connectivity index (χ3v) is 5.47. The molecule has 1 aliphatic heterocycles. The topological polar surface area (TPSA) is 63.7 Å². The summed E-state index contributed by atoms with van der Waals surface area (Å²) < 4.78 is 10.5. The SMILES string of the molecule is COc1ccc(S[C@H](C)C(=O)NCc2ccnc(N3CCOCC3)c2)cc1. The number of thioether (sulfide) groups is 1. The number of rotatable bonds is 7. The quantitative estimate of drug-likeness (QED) is 0.737. The summed E-state index contributed by atoms with van der Waals surface area (Å²) in [6.45, 7) is 5.55. The van der Waals surface area contributed by atoms with Gasteiger partial charge in [0.1, 0.15) is 11.6 Å². The highest BCUT2D eigenvalue weighted by molar-refractivity contribution is 8.00. The lowest BCUT2D eigenvalue weighted by Crippen LogP contribution is -2.36. The van der Waals surface area contributed by atoms with Gasteiger partial charge in [0.05, 0.1) is 25.6 Å². The molecular weight excluding hydrogens is 362 g/mol. The van der Waals surface area contributed by atoms with Gasteiger partial charge in [0.15, 0.2) is 0 Å². The van der Waals surface area contributed by atoms with Crippen LogP contribution in [0.4, 0.5) is 5.82 Å². The van der Waals surface area contributed by atoms with E-state index >= 15 is 0 Å². The van der Waals surface area contributed by atoms with Gasteiger partial charge in [-0.3, -0.25) is 4.79 Å². The van der Waals surface area contributed by atoms with E-state index in [4.69, 9.17) is 9.47 Å². The van der Waals surface area contributed by atoms with Crippen molar-refractivity contribution in [3.05, 3.63) is 48.2 Å². The lowest BCUT2D eigenvalue weighted by Gasteiger charge is -2.28. The number of nitrogens with one attached hydrogen (secondary N) is 1. The molecule has 0 aliphatic carbocycles. The Morgan fingerprint density at radius 2 is 2.04 bits per heavy atom. The van der Waals surface area contributed by atoms with Crippen LogP contribution in [0.2, 0.25) is 0 Å². The number of nitrogens with zero attached hydrogens (tertiary/aromatic N) is 2. The number of hydrogen-bond donors (Lipinski definition) is 1. The van der Waals surface area contributed by atoms with E-state index < -0.39 is 0 Å². The molecule has 1 fully saturated rings. The summed E-state index contributed by atoms with van der Waals surface area (Å²) in [6, 6.07) is 11.7. The van der Waals surface area contributed by atoms with E-state index in [1.807, 2.05) is 43.3 Å². The fourth-order valence-corrected chi connectivity index (χ4v) is 3.67. The number of methoxy groups -OCH3 is 1. The molecule has 6 nitrogen and oxygen atoms in total. The van der Waals surface area contributed by atoms with Crippen LogP contribution in [0.25, 0.3) is 0 Å². The van der Waals surface area contributed by atoms with Crippen molar-refractivity contribution >= 4 is 23.5 Å². The van der Waals surface area contributed by atoms with Crippen LogP contribution < -0.4 is 15.0 Å². The third kappa shape index (κ3) is 5.61. The number of carbonyl (C=O) groups is 1. The summed E-state index contributed by atoms with van der Waals surface area (Å²) in [5.41, 5.74) is 1.04. The highest BCUT2D eigenvalue weighted by Crippen LogP contribution is 2.25. The van der Waals surface area contributed by atoms with Gasteiger partial charge < -0.3 is 19.7 Å². The Balaban J connectivity index is 1.51. The van der Waals surface area contributed by atoms with E-state index in [9.17, 15) is 4.79 Å². The number of morpholine rings is 1. The Morgan fingerprint density at radius 3 is 2.74 bits per heavy atom. The molecule has 0 spiro atoms. The first-order valence-electron chi connectivity index (χ1n) is 9.02. The van der Waals surface area contributed by atoms with Crippen molar-refractivity contribution in [1.29, 1.82) is 0 Å². The standard InChI is InChI=1S/C20H25N3O3S/c1-15(27-18-5-3-17(25-2)4-6-18)20(24)22-14-16-7-8-21-19(13-16)23-9-11-26-12-10-23/h3-8,13,15H,9-12,14H2,1-2H3,(H,22,24)/t15-/m1/s1. The van der Waals surface area contributed by atoms with Crippen molar-refractivity contribution < 1.29 is 14.3 Å². The zero-order valence-electron chi connectivity index (χ0n) is 15.7. The molecule has 1 amide bonds. The summed E-state index contributed by atoms with van der Waals surface area (Å²) in [4.78, 5) is 20.1. The average Bonchev–Trinajstić information content (AvgIpc) is 2.73. The Labute approximate surface area is 164 Å². The molecular formula is C20H25N3O3S. The summed E-state index contributed by atoms with van der Waals surface area (Å²) in [5.74, 6) is 1.76. The van der Waals surface area contributed by atoms with Crippen molar-refractivity contribution in [1.82, 2.24) is 10.3 Å². The summed E-state index contributed by atoms with van der Waals surface area (Å²) >= 11 is 1.53. The molecule has 144 valence electrons. The monoisotopic (exact) mass is 387 g/mol. The van der Waals surface area contributed by atoms with E-state index in [2.05, 4.69) is 15.2 Å². The summed E-state index contributed by atoms with van der Waals surface area (Å²) in [7, 11) is 1.64. The highest BCUT2D eigenvalue weighted by atomic mass is 32.2. The molecule has 3 rings (SSSR count). The number of amides is 1. The van der Waals surface area contributed by atoms with Crippen LogP contribution in [-0.4, -0.2) is 49.6 Å². The average molecular weight is 388 g/mol. The molecule has 0 bridgehead atoms. The van der Waals surface area contributed by atoms with E-state index in [0.29, 0.717) is 6.54 Å². The number of ether oxygens (including phenoxy) is 2. The summed E-state index contributed by atoms with van der Waals surface area (Å²) in [5, 5.41) is 2.83. The molecule has 1 aliphatic rings. The summed E-state index contributed by atoms with van der Waals surface area (Å²) in [6.07, 6.45) is 1.79. The molecule has 7 heteroatoms. The minimum Gasteiger partial charge on any atom is -0.497 e. The number of aromatic nitrogens is 1. The minimum absolute atomic E-state index is 0.0144. The molecule has 1 aromatic carbocycles. The smallest absolute Gasteiger partial charge is 0.233 e. The second-order valence-electron chi connectivity index (χ2n) is 6.28. The van der Waals surface area contributed by atoms with Crippen LogP contribution >= 0.6 is 11.8 Å². The molecule has 0 unspecified atom stereocenters. The fourth-order valence-electron chi connectivity index (χ4n) is 2.78. The zero-order valence-corrected chi connectivity index (χ0v) is 16.5. The predicted molar refractivity (Wildman–Crippen MR) is 107 cm³/mol. The van der Waals surface area contributed by atoms with Crippen LogP contribution in [0.1, 0.15) is 12.5 Å². The molecule has 1 N–H and O–H groups in total. The number of anilines is 1. The lowest BCUT2D eigenvalue weighted by atomic mass is 10.2. The molecule has 1 saturated heterocycles. The van der Waals surface area contributed by atoms with Crippen molar-refractivity contribution in [3.8, 4) is 5.75 Å². The Kier molecular flexibility index (Phi) is 6.95. The van der Waals surface area contributed by atoms with Gasteiger partial charge in [0, 0.05) is 30.7 Å². The van der Waals surface area contributed by atoms with Crippen LogP contribution in [-0.2, 0) is 16.1 Å². The Bertz CT molecular complexity index is 748. The first kappa shape index (κ1) is 19.5. The van der Waals surface area contributed by atoms with Gasteiger partial charge in [-0.05, 0) is 48.9 Å². The van der Waals surface area contributed by atoms with Crippen molar-refractivity contribution in [2.75, 3.05) is 38.3 Å². The molecule has 0 saturated carbocycles. The molecule has 2 aromatic rings. The fraction of sp³-hybridized carbons (Fsp3) is 0.400. The molecule has 0 radical (unpaired) electrons. The molecule has 1 aromatic heterocycles. The second-order valence-corrected chi connectivity index (χ2v) is 7.69. The Morgan fingerprint density at radius 1 is 1.30 bits per heavy atom. The van der Waals surface area contributed by atoms with Crippen molar-refractivity contribution in [2.45, 2.75) is 23.6 Å². The first-order chi connectivity index (χ1) is 13.2. The number of benzene rings is 1. The number of carbonyl (C=O) groups excluding carboxylic acids is 1. The third-order valence-electron chi connectivity index (χ3n) is 4.35. The minimum atomic E-state index is -0.182. The van der Waals surface area contributed by atoms with Crippen LogP contribution in [0.3, 0.4) is 0 Å². The van der Waals surface area contributed by atoms with Gasteiger partial charge >= 0.3 is 0 Å². The maximum Gasteiger partial charge on any atom is 0.233 e. The van der Waals surface area contributed by atoms with E-state index in [1.54, 1.807) is 13.3 Å². The van der Waals surface area contributed by atoms with Gasteiger partial charge in [0.2, 0.25) is 5.91 Å². The molecule has 27 heavy (non-hydrogen) atoms. The maximum atomic E-state index is 12.4. The normalized spacial score (nSPS) is 15.3. The van der Waals surface area contributed by atoms with Gasteiger partial charge in [-0.1, -0.05) is 0 Å². The number of hydrogen-bond acceptors (Lipinski definition) is 6. The van der Waals surface area contributed by atoms with Crippen molar-refractivity contribution in [2.24, 2.45) is 0 Å². The lowest BCUT2D eigenvalue weighted by molar-refractivity contribution is -0.120. The molecule has 1 atom stereocenters. The van der Waals surface area contributed by atoms with Gasteiger partial charge in [-0.25, -0.2) is 4.98 Å². The van der Waals surface area contributed by atoms with Crippen molar-refractivity contribution in [3.63, 3.8) is 0 Å². The van der Waals surface area contributed by atoms with Crippen LogP contribution in [0.5, 0.6) is 5.75 Å². The highest BCUT2D eigenvalue weighted by Gasteiger charge is 2.15. The largest absolute Gasteiger partial charge is 0.497 e. The predicted octanol–water partition coefficient (Wildman–Crippen LogP) is 2.72. The zero-order chi connectivity index (χ0) is 19.1.